The monoisotopic (exact) mass is 215 g/mol. The summed E-state index contributed by atoms with van der Waals surface area (Å²) in [5.41, 5.74) is 9.71. The first-order valence-electron chi connectivity index (χ1n) is 5.85. The van der Waals surface area contributed by atoms with Crippen molar-refractivity contribution in [2.24, 2.45) is 18.7 Å². The molecule has 1 unspecified atom stereocenters. The van der Waals surface area contributed by atoms with Crippen molar-refractivity contribution in [2.75, 3.05) is 0 Å². The van der Waals surface area contributed by atoms with Crippen LogP contribution < -0.4 is 5.73 Å². The first-order valence-corrected chi connectivity index (χ1v) is 5.85. The lowest BCUT2D eigenvalue weighted by molar-refractivity contribution is 0.574. The van der Waals surface area contributed by atoms with Crippen LogP contribution in [0.2, 0.25) is 0 Å². The molecular formula is C13H17N3. The van der Waals surface area contributed by atoms with Gasteiger partial charge in [0.1, 0.15) is 5.82 Å². The number of benzene rings is 1. The van der Waals surface area contributed by atoms with Crippen molar-refractivity contribution in [1.82, 2.24) is 9.55 Å². The second-order valence-electron chi connectivity index (χ2n) is 4.88. The van der Waals surface area contributed by atoms with E-state index in [1.807, 2.05) is 0 Å². The Hall–Kier alpha value is -1.35. The second kappa shape index (κ2) is 3.32. The third kappa shape index (κ3) is 1.43. The number of fused-ring (bicyclic) bond motifs is 1. The van der Waals surface area contributed by atoms with Crippen molar-refractivity contribution in [3.8, 4) is 0 Å². The highest BCUT2D eigenvalue weighted by molar-refractivity contribution is 5.76. The van der Waals surface area contributed by atoms with Crippen LogP contribution in [0.5, 0.6) is 0 Å². The van der Waals surface area contributed by atoms with Crippen LogP contribution in [0.4, 0.5) is 0 Å². The Morgan fingerprint density at radius 3 is 2.88 bits per heavy atom. The van der Waals surface area contributed by atoms with Gasteiger partial charge >= 0.3 is 0 Å². The molecule has 2 N–H and O–H groups in total. The summed E-state index contributed by atoms with van der Waals surface area (Å²) in [6.45, 7) is 2.09. The summed E-state index contributed by atoms with van der Waals surface area (Å²) in [6.07, 6.45) is 2.51. The first-order chi connectivity index (χ1) is 7.66. The summed E-state index contributed by atoms with van der Waals surface area (Å²) in [5, 5.41) is 0. The Morgan fingerprint density at radius 2 is 2.19 bits per heavy atom. The Bertz CT molecular complexity index is 537. The van der Waals surface area contributed by atoms with Crippen molar-refractivity contribution >= 4 is 11.0 Å². The molecule has 0 aliphatic heterocycles. The van der Waals surface area contributed by atoms with Crippen molar-refractivity contribution in [2.45, 2.75) is 25.8 Å². The van der Waals surface area contributed by atoms with Crippen molar-refractivity contribution < 1.29 is 0 Å². The highest BCUT2D eigenvalue weighted by Gasteiger charge is 2.32. The predicted molar refractivity (Wildman–Crippen MR) is 65.1 cm³/mol. The fourth-order valence-electron chi connectivity index (χ4n) is 2.29. The van der Waals surface area contributed by atoms with Crippen LogP contribution in [0.25, 0.3) is 11.0 Å². The molecule has 1 aliphatic rings. The summed E-state index contributed by atoms with van der Waals surface area (Å²) < 4.78 is 2.14. The Balaban J connectivity index is 2.14. The number of rotatable bonds is 2. The fourth-order valence-corrected chi connectivity index (χ4v) is 2.29. The average molecular weight is 215 g/mol. The molecule has 3 nitrogen and oxygen atoms in total. The zero-order chi connectivity index (χ0) is 11.3. The second-order valence-corrected chi connectivity index (χ2v) is 4.88. The lowest BCUT2D eigenvalue weighted by Crippen LogP contribution is -2.17. The molecule has 0 spiro atoms. The Morgan fingerprint density at radius 1 is 1.44 bits per heavy atom. The standard InChI is InChI=1S/C13H17N3/c1-8-3-6-11-10(7-8)15-13(16(11)2)12(14)9-4-5-9/h3,6-7,9,12H,4-5,14H2,1-2H3. The quantitative estimate of drug-likeness (QED) is 0.835. The molecule has 3 heteroatoms. The van der Waals surface area contributed by atoms with Crippen LogP contribution in [0, 0.1) is 12.8 Å². The van der Waals surface area contributed by atoms with Crippen molar-refractivity contribution in [3.05, 3.63) is 29.6 Å². The lowest BCUT2D eigenvalue weighted by Gasteiger charge is -2.09. The van der Waals surface area contributed by atoms with Gasteiger partial charge in [-0.1, -0.05) is 6.07 Å². The third-order valence-corrected chi connectivity index (χ3v) is 3.50. The van der Waals surface area contributed by atoms with E-state index in [0.29, 0.717) is 5.92 Å². The molecule has 1 atom stereocenters. The van der Waals surface area contributed by atoms with E-state index in [0.717, 1.165) is 11.3 Å². The molecule has 3 rings (SSSR count). The molecule has 1 saturated carbocycles. The molecular weight excluding hydrogens is 198 g/mol. The van der Waals surface area contributed by atoms with Crippen LogP contribution in [0.15, 0.2) is 18.2 Å². The summed E-state index contributed by atoms with van der Waals surface area (Å²) >= 11 is 0. The molecule has 16 heavy (non-hydrogen) atoms. The number of hydrogen-bond donors (Lipinski definition) is 1. The number of aryl methyl sites for hydroxylation is 2. The molecule has 1 aliphatic carbocycles. The summed E-state index contributed by atoms with van der Waals surface area (Å²) in [4.78, 5) is 4.67. The van der Waals surface area contributed by atoms with E-state index in [4.69, 9.17) is 5.73 Å². The van der Waals surface area contributed by atoms with Gasteiger partial charge in [0.25, 0.3) is 0 Å². The molecule has 1 fully saturated rings. The van der Waals surface area contributed by atoms with E-state index in [9.17, 15) is 0 Å². The zero-order valence-corrected chi connectivity index (χ0v) is 9.77. The van der Waals surface area contributed by atoms with Gasteiger partial charge in [0.2, 0.25) is 0 Å². The van der Waals surface area contributed by atoms with Gasteiger partial charge in [0.15, 0.2) is 0 Å². The van der Waals surface area contributed by atoms with Gasteiger partial charge in [-0.25, -0.2) is 4.98 Å². The van der Waals surface area contributed by atoms with Gasteiger partial charge in [-0.05, 0) is 43.4 Å². The maximum Gasteiger partial charge on any atom is 0.126 e. The molecule has 1 heterocycles. The smallest absolute Gasteiger partial charge is 0.126 e. The molecule has 2 aromatic rings. The number of imidazole rings is 1. The highest BCUT2D eigenvalue weighted by Crippen LogP contribution is 2.39. The van der Waals surface area contributed by atoms with Crippen molar-refractivity contribution in [1.29, 1.82) is 0 Å². The summed E-state index contributed by atoms with van der Waals surface area (Å²) in [6, 6.07) is 6.48. The van der Waals surface area contributed by atoms with Crippen molar-refractivity contribution in [3.63, 3.8) is 0 Å². The molecule has 1 aromatic heterocycles. The molecule has 0 saturated heterocycles. The minimum Gasteiger partial charge on any atom is -0.330 e. The fraction of sp³-hybridized carbons (Fsp3) is 0.462. The average Bonchev–Trinajstić information content (AvgIpc) is 3.04. The van der Waals surface area contributed by atoms with Gasteiger partial charge in [0, 0.05) is 7.05 Å². The Labute approximate surface area is 95.3 Å². The topological polar surface area (TPSA) is 43.8 Å². The number of nitrogens with zero attached hydrogens (tertiary/aromatic N) is 2. The number of nitrogens with two attached hydrogens (primary N) is 1. The summed E-state index contributed by atoms with van der Waals surface area (Å²) in [7, 11) is 2.06. The third-order valence-electron chi connectivity index (χ3n) is 3.50. The number of aromatic nitrogens is 2. The normalized spacial score (nSPS) is 17.9. The molecule has 0 amide bonds. The van der Waals surface area contributed by atoms with Crippen LogP contribution in [-0.4, -0.2) is 9.55 Å². The van der Waals surface area contributed by atoms with Gasteiger partial charge in [-0.2, -0.15) is 0 Å². The van der Waals surface area contributed by atoms with E-state index in [2.05, 4.69) is 41.7 Å². The van der Waals surface area contributed by atoms with Crippen LogP contribution in [-0.2, 0) is 7.05 Å². The SMILES string of the molecule is Cc1ccc2c(c1)nc(C(N)C1CC1)n2C. The van der Waals surface area contributed by atoms with E-state index >= 15 is 0 Å². The Kier molecular flexibility index (Phi) is 2.04. The minimum atomic E-state index is 0.109. The molecule has 0 bridgehead atoms. The minimum absolute atomic E-state index is 0.109. The van der Waals surface area contributed by atoms with E-state index < -0.39 is 0 Å². The van der Waals surface area contributed by atoms with Gasteiger partial charge < -0.3 is 10.3 Å². The highest BCUT2D eigenvalue weighted by atomic mass is 15.1. The van der Waals surface area contributed by atoms with E-state index in [1.54, 1.807) is 0 Å². The molecule has 0 radical (unpaired) electrons. The molecule has 84 valence electrons. The predicted octanol–water partition coefficient (Wildman–Crippen LogP) is 2.29. The van der Waals surface area contributed by atoms with E-state index in [1.165, 1.54) is 23.9 Å². The first kappa shape index (κ1) is 9.85. The van der Waals surface area contributed by atoms with Crippen LogP contribution >= 0.6 is 0 Å². The lowest BCUT2D eigenvalue weighted by atomic mass is 10.2. The zero-order valence-electron chi connectivity index (χ0n) is 9.77. The van der Waals surface area contributed by atoms with Crippen LogP contribution in [0.1, 0.15) is 30.3 Å². The van der Waals surface area contributed by atoms with E-state index in [-0.39, 0.29) is 6.04 Å². The largest absolute Gasteiger partial charge is 0.330 e. The maximum atomic E-state index is 6.22. The number of hydrogen-bond acceptors (Lipinski definition) is 2. The van der Waals surface area contributed by atoms with Gasteiger partial charge in [-0.3, -0.25) is 0 Å². The summed E-state index contributed by atoms with van der Waals surface area (Å²) in [5.74, 6) is 1.68. The van der Waals surface area contributed by atoms with Crippen LogP contribution in [0.3, 0.4) is 0 Å². The van der Waals surface area contributed by atoms with Gasteiger partial charge in [0.05, 0.1) is 17.1 Å². The maximum absolute atomic E-state index is 6.22. The van der Waals surface area contributed by atoms with Gasteiger partial charge in [-0.15, -0.1) is 0 Å². The molecule has 1 aromatic carbocycles.